The Hall–Kier alpha value is -4.43. The number of para-hydroxylation sites is 1. The number of aryl methyl sites for hydroxylation is 3. The van der Waals surface area contributed by atoms with Gasteiger partial charge in [0.2, 0.25) is 11.8 Å². The van der Waals surface area contributed by atoms with Gasteiger partial charge in [0.25, 0.3) is 10.0 Å². The standard InChI is InChI=1S/C38H43N3O4S/c1-28-17-21-32(22-18-28)26-40(36(25-31-12-5-4-6-13-31)38(43)39-33-14-8-9-15-33)37(42)27-41(35-16-10-7-11-30(35)3)46(44,45)34-23-19-29(2)20-24-34/h4-7,10-13,16-24,33,36H,8-9,14-15,25-27H2,1-3H3,(H,39,43). The van der Waals surface area contributed by atoms with E-state index in [1.165, 1.54) is 4.31 Å². The molecule has 1 fully saturated rings. The second kappa shape index (κ2) is 14.8. The minimum Gasteiger partial charge on any atom is -0.352 e. The van der Waals surface area contributed by atoms with Crippen LogP contribution < -0.4 is 9.62 Å². The molecule has 0 bridgehead atoms. The molecule has 1 atom stereocenters. The maximum Gasteiger partial charge on any atom is 0.264 e. The summed E-state index contributed by atoms with van der Waals surface area (Å²) >= 11 is 0. The third-order valence-electron chi connectivity index (χ3n) is 8.72. The molecule has 0 aromatic heterocycles. The molecular formula is C38H43N3O4S. The summed E-state index contributed by atoms with van der Waals surface area (Å²) in [5.74, 6) is -0.679. The summed E-state index contributed by atoms with van der Waals surface area (Å²) in [6.45, 7) is 5.41. The van der Waals surface area contributed by atoms with Crippen molar-refractivity contribution in [1.29, 1.82) is 0 Å². The summed E-state index contributed by atoms with van der Waals surface area (Å²) in [5.41, 5.74) is 4.92. The van der Waals surface area contributed by atoms with E-state index in [0.29, 0.717) is 12.1 Å². The molecule has 4 aromatic carbocycles. The topological polar surface area (TPSA) is 86.8 Å². The molecule has 0 radical (unpaired) electrons. The average molecular weight is 638 g/mol. The summed E-state index contributed by atoms with van der Waals surface area (Å²) in [7, 11) is -4.14. The predicted octanol–water partition coefficient (Wildman–Crippen LogP) is 6.51. The van der Waals surface area contributed by atoms with Gasteiger partial charge in [0.1, 0.15) is 12.6 Å². The van der Waals surface area contributed by atoms with Gasteiger partial charge in [0.05, 0.1) is 10.6 Å². The first-order chi connectivity index (χ1) is 22.1. The molecule has 1 aliphatic carbocycles. The highest BCUT2D eigenvalue weighted by atomic mass is 32.2. The van der Waals surface area contributed by atoms with Gasteiger partial charge < -0.3 is 10.2 Å². The van der Waals surface area contributed by atoms with Crippen molar-refractivity contribution in [2.75, 3.05) is 10.8 Å². The normalized spacial score (nSPS) is 14.1. The molecular weight excluding hydrogens is 595 g/mol. The van der Waals surface area contributed by atoms with Gasteiger partial charge in [0.15, 0.2) is 0 Å². The van der Waals surface area contributed by atoms with Gasteiger partial charge >= 0.3 is 0 Å². The Morgan fingerprint density at radius 3 is 1.98 bits per heavy atom. The Kier molecular flexibility index (Phi) is 10.6. The maximum absolute atomic E-state index is 14.7. The minimum atomic E-state index is -4.14. The smallest absolute Gasteiger partial charge is 0.264 e. The highest BCUT2D eigenvalue weighted by molar-refractivity contribution is 7.92. The van der Waals surface area contributed by atoms with Crippen LogP contribution in [-0.2, 0) is 32.6 Å². The predicted molar refractivity (Wildman–Crippen MR) is 183 cm³/mol. The van der Waals surface area contributed by atoms with E-state index in [1.54, 1.807) is 41.3 Å². The van der Waals surface area contributed by atoms with E-state index in [9.17, 15) is 18.0 Å². The van der Waals surface area contributed by atoms with Crippen molar-refractivity contribution >= 4 is 27.5 Å². The summed E-state index contributed by atoms with van der Waals surface area (Å²) in [5, 5.41) is 3.22. The van der Waals surface area contributed by atoms with Crippen LogP contribution in [0.5, 0.6) is 0 Å². The highest BCUT2D eigenvalue weighted by Crippen LogP contribution is 2.28. The van der Waals surface area contributed by atoms with Crippen molar-refractivity contribution in [2.45, 2.75) is 76.4 Å². The number of rotatable bonds is 12. The molecule has 1 unspecified atom stereocenters. The monoisotopic (exact) mass is 637 g/mol. The van der Waals surface area contributed by atoms with Crippen molar-refractivity contribution in [3.8, 4) is 0 Å². The van der Waals surface area contributed by atoms with E-state index >= 15 is 0 Å². The molecule has 5 rings (SSSR count). The van der Waals surface area contributed by atoms with E-state index in [-0.39, 0.29) is 23.4 Å². The largest absolute Gasteiger partial charge is 0.352 e. The summed E-state index contributed by atoms with van der Waals surface area (Å²) in [6.07, 6.45) is 4.23. The number of anilines is 1. The lowest BCUT2D eigenvalue weighted by molar-refractivity contribution is -0.140. The molecule has 2 amide bonds. The number of sulfonamides is 1. The number of hydrogen-bond donors (Lipinski definition) is 1. The van der Waals surface area contributed by atoms with Crippen LogP contribution >= 0.6 is 0 Å². The number of carbonyl (C=O) groups is 2. The first-order valence-corrected chi connectivity index (χ1v) is 17.4. The fraction of sp³-hybridized carbons (Fsp3) is 0.316. The number of amides is 2. The number of hydrogen-bond acceptors (Lipinski definition) is 4. The Morgan fingerprint density at radius 1 is 0.761 bits per heavy atom. The van der Waals surface area contributed by atoms with Gasteiger partial charge in [-0.15, -0.1) is 0 Å². The zero-order chi connectivity index (χ0) is 32.7. The second-order valence-electron chi connectivity index (χ2n) is 12.3. The molecule has 8 heteroatoms. The van der Waals surface area contributed by atoms with Crippen LogP contribution in [0.2, 0.25) is 0 Å². The zero-order valence-electron chi connectivity index (χ0n) is 26.9. The van der Waals surface area contributed by atoms with Crippen molar-refractivity contribution in [3.63, 3.8) is 0 Å². The molecule has 0 spiro atoms. The molecule has 1 aliphatic rings. The number of benzene rings is 4. The van der Waals surface area contributed by atoms with E-state index in [0.717, 1.165) is 53.5 Å². The highest BCUT2D eigenvalue weighted by Gasteiger charge is 2.35. The lowest BCUT2D eigenvalue weighted by atomic mass is 10.0. The fourth-order valence-corrected chi connectivity index (χ4v) is 7.48. The Morgan fingerprint density at radius 2 is 1.35 bits per heavy atom. The van der Waals surface area contributed by atoms with E-state index in [4.69, 9.17) is 0 Å². The molecule has 0 heterocycles. The fourth-order valence-electron chi connectivity index (χ4n) is 6.01. The third kappa shape index (κ3) is 8.04. The summed E-state index contributed by atoms with van der Waals surface area (Å²) in [4.78, 5) is 30.4. The molecule has 46 heavy (non-hydrogen) atoms. The number of nitrogens with zero attached hydrogens (tertiary/aromatic N) is 2. The van der Waals surface area contributed by atoms with Crippen LogP contribution in [0.25, 0.3) is 0 Å². The van der Waals surface area contributed by atoms with Crippen LogP contribution in [0.15, 0.2) is 108 Å². The second-order valence-corrected chi connectivity index (χ2v) is 14.2. The van der Waals surface area contributed by atoms with Crippen LogP contribution in [0, 0.1) is 20.8 Å². The molecule has 7 nitrogen and oxygen atoms in total. The Labute approximate surface area is 273 Å². The zero-order valence-corrected chi connectivity index (χ0v) is 27.7. The van der Waals surface area contributed by atoms with Gasteiger partial charge in [-0.25, -0.2) is 8.42 Å². The van der Waals surface area contributed by atoms with Crippen molar-refractivity contribution in [1.82, 2.24) is 10.2 Å². The van der Waals surface area contributed by atoms with Gasteiger partial charge in [-0.1, -0.05) is 109 Å². The van der Waals surface area contributed by atoms with Gasteiger partial charge in [-0.05, 0) is 68.5 Å². The lowest BCUT2D eigenvalue weighted by Crippen LogP contribution is -2.54. The Balaban J connectivity index is 1.57. The van der Waals surface area contributed by atoms with Gasteiger partial charge in [-0.2, -0.15) is 0 Å². The minimum absolute atomic E-state index is 0.0625. The number of nitrogens with one attached hydrogen (secondary N) is 1. The van der Waals surface area contributed by atoms with Gasteiger partial charge in [-0.3, -0.25) is 13.9 Å². The Bertz CT molecular complexity index is 1730. The SMILES string of the molecule is Cc1ccc(CN(C(=O)CN(c2ccccc2C)S(=O)(=O)c2ccc(C)cc2)C(Cc2ccccc2)C(=O)NC2CCCC2)cc1. The molecule has 1 saturated carbocycles. The molecule has 240 valence electrons. The van der Waals surface area contributed by atoms with Crippen LogP contribution in [0.1, 0.15) is 53.5 Å². The molecule has 0 aliphatic heterocycles. The molecule has 0 saturated heterocycles. The van der Waals surface area contributed by atoms with Crippen molar-refractivity contribution in [3.05, 3.63) is 131 Å². The third-order valence-corrected chi connectivity index (χ3v) is 10.5. The van der Waals surface area contributed by atoms with E-state index in [2.05, 4.69) is 5.32 Å². The quantitative estimate of drug-likeness (QED) is 0.192. The first kappa shape index (κ1) is 32.9. The van der Waals surface area contributed by atoms with E-state index in [1.807, 2.05) is 87.5 Å². The van der Waals surface area contributed by atoms with Crippen LogP contribution in [0.3, 0.4) is 0 Å². The first-order valence-electron chi connectivity index (χ1n) is 16.0. The van der Waals surface area contributed by atoms with E-state index < -0.39 is 28.5 Å². The van der Waals surface area contributed by atoms with Crippen LogP contribution in [-0.4, -0.2) is 43.8 Å². The number of carbonyl (C=O) groups excluding carboxylic acids is 2. The van der Waals surface area contributed by atoms with Crippen molar-refractivity contribution in [2.24, 2.45) is 0 Å². The molecule has 1 N–H and O–H groups in total. The maximum atomic E-state index is 14.7. The van der Waals surface area contributed by atoms with Gasteiger partial charge in [0, 0.05) is 19.0 Å². The van der Waals surface area contributed by atoms with Crippen molar-refractivity contribution < 1.29 is 18.0 Å². The summed E-state index contributed by atoms with van der Waals surface area (Å²) < 4.78 is 29.7. The average Bonchev–Trinajstić information content (AvgIpc) is 3.56. The van der Waals surface area contributed by atoms with Crippen LogP contribution in [0.4, 0.5) is 5.69 Å². The summed E-state index contributed by atoms with van der Waals surface area (Å²) in [6, 6.07) is 30.5. The molecule has 4 aromatic rings. The lowest BCUT2D eigenvalue weighted by Gasteiger charge is -2.34.